The molecule has 0 aromatic carbocycles. The largest absolute Gasteiger partial charge is 0.354 e. The van der Waals surface area contributed by atoms with Crippen molar-refractivity contribution in [2.45, 2.75) is 13.3 Å². The van der Waals surface area contributed by atoms with Crippen LogP contribution in [-0.2, 0) is 0 Å². The van der Waals surface area contributed by atoms with Gasteiger partial charge in [0.2, 0.25) is 5.95 Å². The molecule has 1 N–H and O–H groups in total. The topological polar surface area (TPSA) is 63.6 Å². The monoisotopic (exact) mass is 215 g/mol. The molecule has 2 rings (SSSR count). The zero-order valence-corrected chi connectivity index (χ0v) is 9.09. The molecule has 2 aromatic rings. The SMILES string of the molecule is CCCNc1nccc(-c2cnccn2)n1. The first-order valence-corrected chi connectivity index (χ1v) is 5.23. The lowest BCUT2D eigenvalue weighted by molar-refractivity contribution is 0.952. The summed E-state index contributed by atoms with van der Waals surface area (Å²) < 4.78 is 0. The second kappa shape index (κ2) is 5.16. The van der Waals surface area contributed by atoms with E-state index in [9.17, 15) is 0 Å². The quantitative estimate of drug-likeness (QED) is 0.841. The van der Waals surface area contributed by atoms with E-state index < -0.39 is 0 Å². The number of aromatic nitrogens is 4. The molecule has 0 aliphatic rings. The maximum Gasteiger partial charge on any atom is 0.223 e. The summed E-state index contributed by atoms with van der Waals surface area (Å²) in [6.45, 7) is 2.96. The summed E-state index contributed by atoms with van der Waals surface area (Å²) in [5, 5.41) is 3.13. The van der Waals surface area contributed by atoms with Crippen molar-refractivity contribution in [2.75, 3.05) is 11.9 Å². The van der Waals surface area contributed by atoms with Crippen LogP contribution in [0, 0.1) is 0 Å². The lowest BCUT2D eigenvalue weighted by Gasteiger charge is -2.04. The molecular formula is C11H13N5. The second-order valence-electron chi connectivity index (χ2n) is 3.28. The molecule has 0 fully saturated rings. The number of hydrogen-bond donors (Lipinski definition) is 1. The van der Waals surface area contributed by atoms with E-state index in [1.54, 1.807) is 24.8 Å². The van der Waals surface area contributed by atoms with E-state index in [0.717, 1.165) is 24.4 Å². The smallest absolute Gasteiger partial charge is 0.223 e. The molecule has 0 atom stereocenters. The number of nitrogens with zero attached hydrogens (tertiary/aromatic N) is 4. The summed E-state index contributed by atoms with van der Waals surface area (Å²) in [5.74, 6) is 0.630. The van der Waals surface area contributed by atoms with Gasteiger partial charge in [-0.15, -0.1) is 0 Å². The third-order valence-corrected chi connectivity index (χ3v) is 2.01. The summed E-state index contributed by atoms with van der Waals surface area (Å²) in [7, 11) is 0. The molecule has 0 amide bonds. The van der Waals surface area contributed by atoms with Crippen molar-refractivity contribution >= 4 is 5.95 Å². The summed E-state index contributed by atoms with van der Waals surface area (Å²) in [5.41, 5.74) is 1.53. The van der Waals surface area contributed by atoms with Crippen LogP contribution in [0.3, 0.4) is 0 Å². The fourth-order valence-corrected chi connectivity index (χ4v) is 1.25. The predicted octanol–water partition coefficient (Wildman–Crippen LogP) is 1.76. The molecule has 0 spiro atoms. The zero-order valence-electron chi connectivity index (χ0n) is 9.09. The molecule has 0 aliphatic carbocycles. The van der Waals surface area contributed by atoms with Crippen LogP contribution in [0.5, 0.6) is 0 Å². The highest BCUT2D eigenvalue weighted by Gasteiger charge is 2.02. The Morgan fingerprint density at radius 2 is 2.06 bits per heavy atom. The fraction of sp³-hybridized carbons (Fsp3) is 0.273. The Balaban J connectivity index is 2.22. The Morgan fingerprint density at radius 3 is 2.81 bits per heavy atom. The number of rotatable bonds is 4. The molecule has 0 aliphatic heterocycles. The molecule has 2 heterocycles. The Bertz CT molecular complexity index is 443. The summed E-state index contributed by atoms with van der Waals surface area (Å²) >= 11 is 0. The normalized spacial score (nSPS) is 10.1. The number of hydrogen-bond acceptors (Lipinski definition) is 5. The van der Waals surface area contributed by atoms with E-state index in [0.29, 0.717) is 5.95 Å². The number of nitrogens with one attached hydrogen (secondary N) is 1. The predicted molar refractivity (Wildman–Crippen MR) is 61.8 cm³/mol. The van der Waals surface area contributed by atoms with E-state index in [2.05, 4.69) is 32.2 Å². The fourth-order valence-electron chi connectivity index (χ4n) is 1.25. The molecule has 5 heteroatoms. The van der Waals surface area contributed by atoms with Crippen LogP contribution in [-0.4, -0.2) is 26.5 Å². The Hall–Kier alpha value is -2.04. The van der Waals surface area contributed by atoms with Crippen molar-refractivity contribution in [3.05, 3.63) is 30.9 Å². The van der Waals surface area contributed by atoms with Crippen LogP contribution in [0.25, 0.3) is 11.4 Å². The van der Waals surface area contributed by atoms with Crippen LogP contribution < -0.4 is 5.32 Å². The minimum absolute atomic E-state index is 0.630. The molecule has 16 heavy (non-hydrogen) atoms. The molecule has 2 aromatic heterocycles. The van der Waals surface area contributed by atoms with E-state index in [1.807, 2.05) is 6.07 Å². The van der Waals surface area contributed by atoms with Crippen molar-refractivity contribution in [1.29, 1.82) is 0 Å². The third-order valence-electron chi connectivity index (χ3n) is 2.01. The van der Waals surface area contributed by atoms with Gasteiger partial charge in [-0.1, -0.05) is 6.92 Å². The van der Waals surface area contributed by atoms with Gasteiger partial charge in [0.1, 0.15) is 5.69 Å². The molecule has 0 radical (unpaired) electrons. The standard InChI is InChI=1S/C11H13N5/c1-2-4-14-11-15-5-3-9(16-11)10-8-12-6-7-13-10/h3,5-8H,2,4H2,1H3,(H,14,15,16). The maximum absolute atomic E-state index is 4.36. The van der Waals surface area contributed by atoms with Gasteiger partial charge in [-0.3, -0.25) is 9.97 Å². The van der Waals surface area contributed by atoms with Crippen molar-refractivity contribution in [2.24, 2.45) is 0 Å². The Kier molecular flexibility index (Phi) is 3.38. The lowest BCUT2D eigenvalue weighted by Crippen LogP contribution is -2.04. The minimum Gasteiger partial charge on any atom is -0.354 e. The molecule has 0 bridgehead atoms. The van der Waals surface area contributed by atoms with Crippen molar-refractivity contribution in [3.63, 3.8) is 0 Å². The highest BCUT2D eigenvalue weighted by atomic mass is 15.1. The molecule has 0 unspecified atom stereocenters. The summed E-state index contributed by atoms with van der Waals surface area (Å²) in [6.07, 6.45) is 7.73. The molecule has 5 nitrogen and oxygen atoms in total. The summed E-state index contributed by atoms with van der Waals surface area (Å²) in [6, 6.07) is 1.82. The third kappa shape index (κ3) is 2.50. The van der Waals surface area contributed by atoms with Gasteiger partial charge >= 0.3 is 0 Å². The summed E-state index contributed by atoms with van der Waals surface area (Å²) in [4.78, 5) is 16.7. The van der Waals surface area contributed by atoms with Crippen LogP contribution >= 0.6 is 0 Å². The van der Waals surface area contributed by atoms with Gasteiger partial charge in [0.05, 0.1) is 11.9 Å². The minimum atomic E-state index is 0.630. The van der Waals surface area contributed by atoms with Crippen LogP contribution in [0.15, 0.2) is 30.9 Å². The average molecular weight is 215 g/mol. The maximum atomic E-state index is 4.36. The van der Waals surface area contributed by atoms with E-state index in [4.69, 9.17) is 0 Å². The lowest BCUT2D eigenvalue weighted by atomic mass is 10.3. The van der Waals surface area contributed by atoms with E-state index in [1.165, 1.54) is 0 Å². The van der Waals surface area contributed by atoms with Gasteiger partial charge in [0.25, 0.3) is 0 Å². The van der Waals surface area contributed by atoms with Crippen molar-refractivity contribution in [1.82, 2.24) is 19.9 Å². The second-order valence-corrected chi connectivity index (χ2v) is 3.28. The first kappa shape index (κ1) is 10.5. The van der Waals surface area contributed by atoms with Gasteiger partial charge < -0.3 is 5.32 Å². The van der Waals surface area contributed by atoms with Gasteiger partial charge in [-0.25, -0.2) is 9.97 Å². The molecular weight excluding hydrogens is 202 g/mol. The average Bonchev–Trinajstić information content (AvgIpc) is 2.38. The van der Waals surface area contributed by atoms with Gasteiger partial charge in [0.15, 0.2) is 0 Å². The van der Waals surface area contributed by atoms with Gasteiger partial charge in [0, 0.05) is 25.1 Å². The molecule has 82 valence electrons. The first-order valence-electron chi connectivity index (χ1n) is 5.23. The Labute approximate surface area is 94.0 Å². The first-order chi connectivity index (χ1) is 7.90. The van der Waals surface area contributed by atoms with Gasteiger partial charge in [-0.05, 0) is 12.5 Å². The zero-order chi connectivity index (χ0) is 11.2. The Morgan fingerprint density at radius 1 is 1.12 bits per heavy atom. The molecule has 0 saturated carbocycles. The van der Waals surface area contributed by atoms with Gasteiger partial charge in [-0.2, -0.15) is 0 Å². The van der Waals surface area contributed by atoms with E-state index >= 15 is 0 Å². The van der Waals surface area contributed by atoms with Crippen LogP contribution in [0.1, 0.15) is 13.3 Å². The molecule has 0 saturated heterocycles. The van der Waals surface area contributed by atoms with Crippen LogP contribution in [0.2, 0.25) is 0 Å². The highest BCUT2D eigenvalue weighted by molar-refractivity contribution is 5.53. The highest BCUT2D eigenvalue weighted by Crippen LogP contribution is 2.12. The van der Waals surface area contributed by atoms with Crippen LogP contribution in [0.4, 0.5) is 5.95 Å². The van der Waals surface area contributed by atoms with Crippen molar-refractivity contribution < 1.29 is 0 Å². The van der Waals surface area contributed by atoms with Crippen molar-refractivity contribution in [3.8, 4) is 11.4 Å². The van der Waals surface area contributed by atoms with E-state index in [-0.39, 0.29) is 0 Å². The number of anilines is 1.